The molecule has 0 N–H and O–H groups in total. The molecule has 1 atom stereocenters. The predicted molar refractivity (Wildman–Crippen MR) is 63.7 cm³/mol. The molecular formula is C13H15NO2. The van der Waals surface area contributed by atoms with E-state index in [0.717, 1.165) is 16.7 Å². The highest BCUT2D eigenvalue weighted by Gasteiger charge is 2.04. The number of benzene rings is 1. The van der Waals surface area contributed by atoms with Crippen molar-refractivity contribution in [2.24, 2.45) is 0 Å². The Balaban J connectivity index is 2.19. The molecule has 0 radical (unpaired) electrons. The summed E-state index contributed by atoms with van der Waals surface area (Å²) in [5.41, 5.74) is 0.949. The molecule has 0 saturated carbocycles. The van der Waals surface area contributed by atoms with Gasteiger partial charge in [-0.2, -0.15) is 0 Å². The quantitative estimate of drug-likeness (QED) is 0.789. The summed E-state index contributed by atoms with van der Waals surface area (Å²) in [5.74, 6) is 0.829. The van der Waals surface area contributed by atoms with Crippen molar-refractivity contribution in [2.45, 2.75) is 13.0 Å². The van der Waals surface area contributed by atoms with E-state index in [2.05, 4.69) is 4.98 Å². The van der Waals surface area contributed by atoms with Crippen molar-refractivity contribution in [2.75, 3.05) is 13.7 Å². The lowest BCUT2D eigenvalue weighted by Crippen LogP contribution is -2.17. The number of methoxy groups -OCH3 is 1. The molecule has 0 aliphatic heterocycles. The normalized spacial score (nSPS) is 12.6. The zero-order chi connectivity index (χ0) is 11.4. The highest BCUT2D eigenvalue weighted by molar-refractivity contribution is 5.79. The minimum Gasteiger partial charge on any atom is -0.488 e. The van der Waals surface area contributed by atoms with E-state index < -0.39 is 0 Å². The number of pyridine rings is 1. The number of hydrogen-bond donors (Lipinski definition) is 0. The minimum absolute atomic E-state index is 0.0474. The van der Waals surface area contributed by atoms with Crippen LogP contribution in [0, 0.1) is 0 Å². The monoisotopic (exact) mass is 217 g/mol. The van der Waals surface area contributed by atoms with Crippen molar-refractivity contribution in [3.63, 3.8) is 0 Å². The third-order valence-electron chi connectivity index (χ3n) is 2.32. The summed E-state index contributed by atoms with van der Waals surface area (Å²) in [7, 11) is 1.67. The Labute approximate surface area is 95.0 Å². The first kappa shape index (κ1) is 10.9. The fourth-order valence-electron chi connectivity index (χ4n) is 1.62. The number of nitrogens with zero attached hydrogens (tertiary/aromatic N) is 1. The van der Waals surface area contributed by atoms with Crippen LogP contribution < -0.4 is 4.74 Å². The Morgan fingerprint density at radius 1 is 1.31 bits per heavy atom. The molecule has 3 heteroatoms. The molecule has 0 bridgehead atoms. The van der Waals surface area contributed by atoms with Gasteiger partial charge in [0, 0.05) is 24.8 Å². The van der Waals surface area contributed by atoms with Gasteiger partial charge in [-0.05, 0) is 25.1 Å². The van der Waals surface area contributed by atoms with Gasteiger partial charge in [0.05, 0.1) is 12.1 Å². The standard InChI is InChI=1S/C13H15NO2/c1-10(9-15-2)16-12-6-5-11-4-3-7-14-13(11)8-12/h3-8,10H,9H2,1-2H3/t10-/m1/s1. The van der Waals surface area contributed by atoms with Gasteiger partial charge in [-0.3, -0.25) is 4.98 Å². The molecule has 0 spiro atoms. The van der Waals surface area contributed by atoms with Gasteiger partial charge in [0.15, 0.2) is 0 Å². The third kappa shape index (κ3) is 2.49. The van der Waals surface area contributed by atoms with E-state index in [0.29, 0.717) is 6.61 Å². The Kier molecular flexibility index (Phi) is 3.37. The number of aromatic nitrogens is 1. The average molecular weight is 217 g/mol. The van der Waals surface area contributed by atoms with Crippen molar-refractivity contribution in [1.82, 2.24) is 4.98 Å². The van der Waals surface area contributed by atoms with E-state index in [4.69, 9.17) is 9.47 Å². The lowest BCUT2D eigenvalue weighted by atomic mass is 10.2. The van der Waals surface area contributed by atoms with Crippen molar-refractivity contribution < 1.29 is 9.47 Å². The van der Waals surface area contributed by atoms with E-state index in [9.17, 15) is 0 Å². The van der Waals surface area contributed by atoms with Gasteiger partial charge in [0.2, 0.25) is 0 Å². The fraction of sp³-hybridized carbons (Fsp3) is 0.308. The number of rotatable bonds is 4. The van der Waals surface area contributed by atoms with E-state index in [1.165, 1.54) is 0 Å². The molecule has 3 nitrogen and oxygen atoms in total. The van der Waals surface area contributed by atoms with Gasteiger partial charge in [-0.25, -0.2) is 0 Å². The van der Waals surface area contributed by atoms with Gasteiger partial charge in [0.25, 0.3) is 0 Å². The van der Waals surface area contributed by atoms with Gasteiger partial charge < -0.3 is 9.47 Å². The van der Waals surface area contributed by atoms with Crippen LogP contribution in [0.3, 0.4) is 0 Å². The summed E-state index contributed by atoms with van der Waals surface area (Å²) in [6.07, 6.45) is 1.83. The first-order chi connectivity index (χ1) is 7.79. The molecule has 2 aromatic rings. The molecule has 16 heavy (non-hydrogen) atoms. The maximum Gasteiger partial charge on any atom is 0.122 e. The predicted octanol–water partition coefficient (Wildman–Crippen LogP) is 2.65. The molecule has 84 valence electrons. The second-order valence-electron chi connectivity index (χ2n) is 3.74. The topological polar surface area (TPSA) is 31.4 Å². The van der Waals surface area contributed by atoms with Crippen LogP contribution in [-0.4, -0.2) is 24.8 Å². The highest BCUT2D eigenvalue weighted by atomic mass is 16.5. The van der Waals surface area contributed by atoms with Crippen molar-refractivity contribution in [3.05, 3.63) is 36.5 Å². The van der Waals surface area contributed by atoms with Gasteiger partial charge in [0.1, 0.15) is 11.9 Å². The molecule has 0 aliphatic carbocycles. The first-order valence-electron chi connectivity index (χ1n) is 5.30. The summed E-state index contributed by atoms with van der Waals surface area (Å²) in [5, 5.41) is 1.12. The van der Waals surface area contributed by atoms with Crippen LogP contribution >= 0.6 is 0 Å². The molecule has 2 rings (SSSR count). The molecule has 0 saturated heterocycles. The van der Waals surface area contributed by atoms with Crippen LogP contribution in [0.4, 0.5) is 0 Å². The molecule has 0 amide bonds. The van der Waals surface area contributed by atoms with Gasteiger partial charge in [-0.1, -0.05) is 6.07 Å². The van der Waals surface area contributed by atoms with Gasteiger partial charge in [-0.15, -0.1) is 0 Å². The molecule has 1 heterocycles. The lowest BCUT2D eigenvalue weighted by molar-refractivity contribution is 0.0922. The van der Waals surface area contributed by atoms with Crippen LogP contribution in [-0.2, 0) is 4.74 Å². The molecule has 1 aromatic carbocycles. The minimum atomic E-state index is 0.0474. The van der Waals surface area contributed by atoms with Crippen molar-refractivity contribution in [1.29, 1.82) is 0 Å². The van der Waals surface area contributed by atoms with Crippen LogP contribution in [0.25, 0.3) is 10.9 Å². The molecule has 0 fully saturated rings. The molecule has 0 unspecified atom stereocenters. The fourth-order valence-corrected chi connectivity index (χ4v) is 1.62. The summed E-state index contributed by atoms with van der Waals surface area (Å²) in [6.45, 7) is 2.56. The second kappa shape index (κ2) is 4.94. The van der Waals surface area contributed by atoms with Gasteiger partial charge >= 0.3 is 0 Å². The molecule has 0 aliphatic rings. The zero-order valence-corrected chi connectivity index (χ0v) is 9.51. The lowest BCUT2D eigenvalue weighted by Gasteiger charge is -2.13. The number of fused-ring (bicyclic) bond motifs is 1. The van der Waals surface area contributed by atoms with E-state index >= 15 is 0 Å². The third-order valence-corrected chi connectivity index (χ3v) is 2.32. The Morgan fingerprint density at radius 2 is 2.19 bits per heavy atom. The maximum absolute atomic E-state index is 5.70. The Bertz CT molecular complexity index is 470. The summed E-state index contributed by atoms with van der Waals surface area (Å²) < 4.78 is 10.7. The SMILES string of the molecule is COC[C@@H](C)Oc1ccc2cccnc2c1. The Hall–Kier alpha value is -1.61. The molecule has 1 aromatic heterocycles. The maximum atomic E-state index is 5.70. The largest absolute Gasteiger partial charge is 0.488 e. The Morgan fingerprint density at radius 3 is 3.00 bits per heavy atom. The summed E-state index contributed by atoms with van der Waals surface area (Å²) in [6, 6.07) is 9.87. The first-order valence-corrected chi connectivity index (χ1v) is 5.30. The summed E-state index contributed by atoms with van der Waals surface area (Å²) in [4.78, 5) is 4.28. The summed E-state index contributed by atoms with van der Waals surface area (Å²) >= 11 is 0. The second-order valence-corrected chi connectivity index (χ2v) is 3.74. The number of ether oxygens (including phenoxy) is 2. The molecular weight excluding hydrogens is 202 g/mol. The average Bonchev–Trinajstić information content (AvgIpc) is 2.29. The smallest absolute Gasteiger partial charge is 0.122 e. The van der Waals surface area contributed by atoms with Crippen LogP contribution in [0.1, 0.15) is 6.92 Å². The van der Waals surface area contributed by atoms with E-state index in [1.54, 1.807) is 13.3 Å². The van der Waals surface area contributed by atoms with Crippen LogP contribution in [0.15, 0.2) is 36.5 Å². The van der Waals surface area contributed by atoms with Crippen molar-refractivity contribution in [3.8, 4) is 5.75 Å². The van der Waals surface area contributed by atoms with E-state index in [-0.39, 0.29) is 6.10 Å². The number of hydrogen-bond acceptors (Lipinski definition) is 3. The van der Waals surface area contributed by atoms with Crippen LogP contribution in [0.2, 0.25) is 0 Å². The zero-order valence-electron chi connectivity index (χ0n) is 9.51. The van der Waals surface area contributed by atoms with E-state index in [1.807, 2.05) is 37.3 Å². The van der Waals surface area contributed by atoms with Crippen molar-refractivity contribution >= 4 is 10.9 Å². The highest BCUT2D eigenvalue weighted by Crippen LogP contribution is 2.19. The van der Waals surface area contributed by atoms with Crippen LogP contribution in [0.5, 0.6) is 5.75 Å².